The topological polar surface area (TPSA) is 47.3 Å². The standard InChI is InChI=1S/C15H15ClN2OS/c1-9-7-11(19-2)4-6-13(9)18-14-5-3-10(16)8-12(14)15(17)20/h3-8,18H,1-2H3,(H2,17,20). The van der Waals surface area contributed by atoms with Gasteiger partial charge in [0.05, 0.1) is 7.11 Å². The number of halogens is 1. The first-order valence-electron chi connectivity index (χ1n) is 6.02. The summed E-state index contributed by atoms with van der Waals surface area (Å²) in [5.74, 6) is 0.818. The molecule has 0 heterocycles. The van der Waals surface area contributed by atoms with E-state index >= 15 is 0 Å². The highest BCUT2D eigenvalue weighted by atomic mass is 35.5. The first kappa shape index (κ1) is 14.6. The van der Waals surface area contributed by atoms with Crippen LogP contribution in [0.2, 0.25) is 5.02 Å². The summed E-state index contributed by atoms with van der Waals surface area (Å²) in [7, 11) is 1.64. The second-order valence-corrected chi connectivity index (χ2v) is 5.24. The van der Waals surface area contributed by atoms with Gasteiger partial charge in [0.2, 0.25) is 0 Å². The van der Waals surface area contributed by atoms with Crippen LogP contribution in [0.1, 0.15) is 11.1 Å². The Kier molecular flexibility index (Phi) is 4.47. The van der Waals surface area contributed by atoms with Crippen molar-refractivity contribution in [2.75, 3.05) is 12.4 Å². The summed E-state index contributed by atoms with van der Waals surface area (Å²) in [6.07, 6.45) is 0. The number of benzene rings is 2. The molecule has 3 N–H and O–H groups in total. The van der Waals surface area contributed by atoms with Crippen molar-refractivity contribution >= 4 is 40.2 Å². The number of hydrogen-bond donors (Lipinski definition) is 2. The molecule has 5 heteroatoms. The number of nitrogens with two attached hydrogens (primary N) is 1. The molecule has 2 rings (SSSR count). The molecule has 2 aromatic rings. The normalized spacial score (nSPS) is 10.2. The van der Waals surface area contributed by atoms with Crippen LogP contribution in [0.15, 0.2) is 36.4 Å². The SMILES string of the molecule is COc1ccc(Nc2ccc(Cl)cc2C(N)=S)c(C)c1. The van der Waals surface area contributed by atoms with Crippen molar-refractivity contribution in [3.63, 3.8) is 0 Å². The van der Waals surface area contributed by atoms with Gasteiger partial charge in [0.25, 0.3) is 0 Å². The molecule has 3 nitrogen and oxygen atoms in total. The molecule has 0 aliphatic carbocycles. The summed E-state index contributed by atoms with van der Waals surface area (Å²) < 4.78 is 5.19. The highest BCUT2D eigenvalue weighted by molar-refractivity contribution is 7.80. The van der Waals surface area contributed by atoms with Gasteiger partial charge >= 0.3 is 0 Å². The second-order valence-electron chi connectivity index (χ2n) is 4.36. The van der Waals surface area contributed by atoms with Crippen LogP contribution in [0.3, 0.4) is 0 Å². The van der Waals surface area contributed by atoms with Crippen molar-refractivity contribution in [1.82, 2.24) is 0 Å². The van der Waals surface area contributed by atoms with Crippen LogP contribution < -0.4 is 15.8 Å². The van der Waals surface area contributed by atoms with Gasteiger partial charge in [-0.25, -0.2) is 0 Å². The van der Waals surface area contributed by atoms with E-state index in [-0.39, 0.29) is 0 Å². The lowest BCUT2D eigenvalue weighted by Crippen LogP contribution is -2.12. The van der Waals surface area contributed by atoms with Gasteiger partial charge < -0.3 is 15.8 Å². The zero-order chi connectivity index (χ0) is 14.7. The number of ether oxygens (including phenoxy) is 1. The fourth-order valence-electron chi connectivity index (χ4n) is 1.88. The monoisotopic (exact) mass is 306 g/mol. The minimum absolute atomic E-state index is 0.307. The number of aryl methyl sites for hydroxylation is 1. The van der Waals surface area contributed by atoms with E-state index in [4.69, 9.17) is 34.3 Å². The lowest BCUT2D eigenvalue weighted by atomic mass is 10.1. The van der Waals surface area contributed by atoms with Gasteiger partial charge in [-0.1, -0.05) is 23.8 Å². The van der Waals surface area contributed by atoms with Crippen LogP contribution in [0.5, 0.6) is 5.75 Å². The van der Waals surface area contributed by atoms with Crippen molar-refractivity contribution in [3.8, 4) is 5.75 Å². The molecule has 2 aromatic carbocycles. The van der Waals surface area contributed by atoms with Crippen molar-refractivity contribution < 1.29 is 4.74 Å². The lowest BCUT2D eigenvalue weighted by Gasteiger charge is -2.14. The van der Waals surface area contributed by atoms with E-state index in [2.05, 4.69) is 5.32 Å². The van der Waals surface area contributed by atoms with Crippen molar-refractivity contribution in [3.05, 3.63) is 52.5 Å². The number of anilines is 2. The molecule has 0 saturated carbocycles. The van der Waals surface area contributed by atoms with Gasteiger partial charge in [0.1, 0.15) is 10.7 Å². The third-order valence-electron chi connectivity index (χ3n) is 2.95. The van der Waals surface area contributed by atoms with E-state index in [0.717, 1.165) is 28.3 Å². The maximum Gasteiger partial charge on any atom is 0.119 e. The Morgan fingerprint density at radius 3 is 2.50 bits per heavy atom. The van der Waals surface area contributed by atoms with Gasteiger partial charge in [0.15, 0.2) is 0 Å². The molecule has 0 aromatic heterocycles. The number of nitrogens with one attached hydrogen (secondary N) is 1. The van der Waals surface area contributed by atoms with E-state index in [1.54, 1.807) is 19.2 Å². The number of thiocarbonyl (C=S) groups is 1. The van der Waals surface area contributed by atoms with Crippen LogP contribution in [-0.2, 0) is 0 Å². The molecule has 0 aliphatic rings. The molecule has 20 heavy (non-hydrogen) atoms. The minimum Gasteiger partial charge on any atom is -0.497 e. The fraction of sp³-hybridized carbons (Fsp3) is 0.133. The Balaban J connectivity index is 2.37. The molecule has 0 spiro atoms. The Morgan fingerprint density at radius 2 is 1.90 bits per heavy atom. The third-order valence-corrected chi connectivity index (χ3v) is 3.40. The average Bonchev–Trinajstić information content (AvgIpc) is 2.42. The van der Waals surface area contributed by atoms with E-state index in [9.17, 15) is 0 Å². The zero-order valence-corrected chi connectivity index (χ0v) is 12.8. The first-order chi connectivity index (χ1) is 9.51. The Hall–Kier alpha value is -1.78. The van der Waals surface area contributed by atoms with E-state index in [0.29, 0.717) is 10.0 Å². The molecule has 0 amide bonds. The van der Waals surface area contributed by atoms with Gasteiger partial charge in [0, 0.05) is 22.0 Å². The summed E-state index contributed by atoms with van der Waals surface area (Å²) in [5.41, 5.74) is 9.31. The summed E-state index contributed by atoms with van der Waals surface area (Å²) in [4.78, 5) is 0.307. The molecule has 0 bridgehead atoms. The highest BCUT2D eigenvalue weighted by Crippen LogP contribution is 2.28. The van der Waals surface area contributed by atoms with Crippen molar-refractivity contribution in [2.24, 2.45) is 5.73 Å². The molecular weight excluding hydrogens is 292 g/mol. The van der Waals surface area contributed by atoms with Gasteiger partial charge in [-0.05, 0) is 48.9 Å². The van der Waals surface area contributed by atoms with Crippen LogP contribution in [0, 0.1) is 6.92 Å². The number of methoxy groups -OCH3 is 1. The molecule has 0 aliphatic heterocycles. The van der Waals surface area contributed by atoms with Crippen LogP contribution in [-0.4, -0.2) is 12.1 Å². The van der Waals surface area contributed by atoms with Crippen molar-refractivity contribution in [1.29, 1.82) is 0 Å². The summed E-state index contributed by atoms with van der Waals surface area (Å²) in [6, 6.07) is 11.2. The third kappa shape index (κ3) is 3.21. The number of hydrogen-bond acceptors (Lipinski definition) is 3. The van der Waals surface area contributed by atoms with Crippen LogP contribution in [0.4, 0.5) is 11.4 Å². The first-order valence-corrected chi connectivity index (χ1v) is 6.81. The predicted molar refractivity (Wildman–Crippen MR) is 88.4 cm³/mol. The zero-order valence-electron chi connectivity index (χ0n) is 11.2. The van der Waals surface area contributed by atoms with Gasteiger partial charge in [-0.3, -0.25) is 0 Å². The molecule has 0 unspecified atom stereocenters. The molecule has 0 fully saturated rings. The van der Waals surface area contributed by atoms with E-state index in [1.165, 1.54) is 0 Å². The Morgan fingerprint density at radius 1 is 1.20 bits per heavy atom. The average molecular weight is 307 g/mol. The summed E-state index contributed by atoms with van der Waals surface area (Å²) in [5, 5.41) is 3.92. The van der Waals surface area contributed by atoms with E-state index < -0.39 is 0 Å². The largest absolute Gasteiger partial charge is 0.497 e. The van der Waals surface area contributed by atoms with E-state index in [1.807, 2.05) is 31.2 Å². The molecule has 0 radical (unpaired) electrons. The minimum atomic E-state index is 0.307. The second kappa shape index (κ2) is 6.11. The Labute approximate surface area is 128 Å². The smallest absolute Gasteiger partial charge is 0.119 e. The molecule has 0 atom stereocenters. The van der Waals surface area contributed by atoms with Crippen LogP contribution in [0.25, 0.3) is 0 Å². The quantitative estimate of drug-likeness (QED) is 0.837. The van der Waals surface area contributed by atoms with Crippen molar-refractivity contribution in [2.45, 2.75) is 6.92 Å². The number of rotatable bonds is 4. The van der Waals surface area contributed by atoms with Crippen LogP contribution >= 0.6 is 23.8 Å². The molecular formula is C15H15ClN2OS. The molecule has 104 valence electrons. The lowest BCUT2D eigenvalue weighted by molar-refractivity contribution is 0.414. The maximum absolute atomic E-state index is 5.98. The van der Waals surface area contributed by atoms with Gasteiger partial charge in [-0.15, -0.1) is 0 Å². The molecule has 0 saturated heterocycles. The van der Waals surface area contributed by atoms with Gasteiger partial charge in [-0.2, -0.15) is 0 Å². The summed E-state index contributed by atoms with van der Waals surface area (Å²) >= 11 is 11.0. The fourth-order valence-corrected chi connectivity index (χ4v) is 2.22. The highest BCUT2D eigenvalue weighted by Gasteiger charge is 2.08. The maximum atomic E-state index is 5.98. The predicted octanol–water partition coefficient (Wildman–Crippen LogP) is 4.03. The Bertz CT molecular complexity index is 658. The summed E-state index contributed by atoms with van der Waals surface area (Å²) in [6.45, 7) is 2.00.